The number of anilines is 2. The molecule has 0 radical (unpaired) electrons. The lowest BCUT2D eigenvalue weighted by Gasteiger charge is -2.18. The van der Waals surface area contributed by atoms with Crippen LogP contribution >= 0.6 is 23.1 Å². The minimum atomic E-state index is -0.612. The van der Waals surface area contributed by atoms with E-state index in [0.29, 0.717) is 10.6 Å². The molecule has 160 valence electrons. The van der Waals surface area contributed by atoms with Gasteiger partial charge in [-0.05, 0) is 47.3 Å². The molecule has 4 rings (SSSR count). The number of carbonyl (C=O) groups is 2. The van der Waals surface area contributed by atoms with Crippen LogP contribution in [0.1, 0.15) is 20.5 Å². The fourth-order valence-corrected chi connectivity index (χ4v) is 4.75. The van der Waals surface area contributed by atoms with E-state index in [0.717, 1.165) is 10.5 Å². The monoisotopic (exact) mass is 462 g/mol. The molecule has 0 bridgehead atoms. The normalized spacial score (nSPS) is 11.5. The predicted molar refractivity (Wildman–Crippen MR) is 129 cm³/mol. The lowest BCUT2D eigenvalue weighted by atomic mass is 10.1. The molecule has 0 aliphatic heterocycles. The number of nitrogens with one attached hydrogen (secondary N) is 2. The van der Waals surface area contributed by atoms with Crippen LogP contribution in [-0.2, 0) is 4.79 Å². The molecule has 0 aliphatic rings. The molecule has 0 fully saturated rings. The number of hydrogen-bond donors (Lipinski definition) is 2. The van der Waals surface area contributed by atoms with Crippen LogP contribution in [0.25, 0.3) is 0 Å². The van der Waals surface area contributed by atoms with Crippen molar-refractivity contribution < 1.29 is 14.0 Å². The van der Waals surface area contributed by atoms with Crippen LogP contribution in [0.15, 0.2) is 101 Å². The lowest BCUT2D eigenvalue weighted by Crippen LogP contribution is -2.19. The summed E-state index contributed by atoms with van der Waals surface area (Å²) in [5.74, 6) is -1.01. The molecule has 0 saturated heterocycles. The topological polar surface area (TPSA) is 58.2 Å². The fourth-order valence-electron chi connectivity index (χ4n) is 3.05. The third-order valence-electron chi connectivity index (χ3n) is 4.56. The van der Waals surface area contributed by atoms with Gasteiger partial charge in [-0.25, -0.2) is 4.39 Å². The van der Waals surface area contributed by atoms with E-state index < -0.39 is 11.1 Å². The molecule has 0 aliphatic carbocycles. The minimum absolute atomic E-state index is 0.135. The van der Waals surface area contributed by atoms with Gasteiger partial charge in [-0.2, -0.15) is 0 Å². The van der Waals surface area contributed by atoms with Crippen LogP contribution in [0.5, 0.6) is 0 Å². The lowest BCUT2D eigenvalue weighted by molar-refractivity contribution is -0.115. The van der Waals surface area contributed by atoms with Crippen molar-refractivity contribution in [2.75, 3.05) is 10.6 Å². The number of hydrogen-bond acceptors (Lipinski definition) is 4. The Bertz CT molecular complexity index is 1210. The average Bonchev–Trinajstić information content (AvgIpc) is 3.35. The molecule has 2 N–H and O–H groups in total. The first-order chi connectivity index (χ1) is 15.6. The van der Waals surface area contributed by atoms with E-state index in [1.165, 1.54) is 35.2 Å². The van der Waals surface area contributed by atoms with Gasteiger partial charge in [0, 0.05) is 10.6 Å². The number of thiophene rings is 1. The first kappa shape index (κ1) is 21.8. The summed E-state index contributed by atoms with van der Waals surface area (Å²) in [7, 11) is 0. The van der Waals surface area contributed by atoms with E-state index in [1.54, 1.807) is 24.3 Å². The van der Waals surface area contributed by atoms with Crippen molar-refractivity contribution in [2.45, 2.75) is 10.1 Å². The molecule has 3 aromatic carbocycles. The van der Waals surface area contributed by atoms with E-state index in [-0.39, 0.29) is 17.5 Å². The van der Waals surface area contributed by atoms with Crippen molar-refractivity contribution in [2.24, 2.45) is 0 Å². The second-order valence-electron chi connectivity index (χ2n) is 6.84. The van der Waals surface area contributed by atoms with Gasteiger partial charge < -0.3 is 10.6 Å². The van der Waals surface area contributed by atoms with Crippen molar-refractivity contribution in [3.63, 3.8) is 0 Å². The standard InChI is InChI=1S/C25H19FN2O2S2/c26-20-12-4-5-13-21(20)28-25(30)23(17-8-2-1-3-9-17)32-19-11-6-10-18(16-19)27-24(29)22-14-7-15-31-22/h1-16,23H,(H,27,29)(H,28,30). The quantitative estimate of drug-likeness (QED) is 0.304. The maximum atomic E-state index is 14.1. The molecule has 2 amide bonds. The molecule has 4 nitrogen and oxygen atoms in total. The molecule has 7 heteroatoms. The average molecular weight is 463 g/mol. The van der Waals surface area contributed by atoms with E-state index in [2.05, 4.69) is 10.6 Å². The van der Waals surface area contributed by atoms with Crippen molar-refractivity contribution in [1.82, 2.24) is 0 Å². The Labute approximate surface area is 193 Å². The van der Waals surface area contributed by atoms with Gasteiger partial charge in [0.2, 0.25) is 5.91 Å². The van der Waals surface area contributed by atoms with Crippen LogP contribution in [0.2, 0.25) is 0 Å². The number of para-hydroxylation sites is 1. The Hall–Kier alpha value is -3.42. The highest BCUT2D eigenvalue weighted by Crippen LogP contribution is 2.37. The Morgan fingerprint density at radius 2 is 1.62 bits per heavy atom. The number of thioether (sulfide) groups is 1. The number of carbonyl (C=O) groups excluding carboxylic acids is 2. The molecule has 32 heavy (non-hydrogen) atoms. The van der Waals surface area contributed by atoms with E-state index in [9.17, 15) is 14.0 Å². The third kappa shape index (κ3) is 5.43. The van der Waals surface area contributed by atoms with Gasteiger partial charge in [0.1, 0.15) is 11.1 Å². The Kier molecular flexibility index (Phi) is 6.99. The molecular formula is C25H19FN2O2S2. The maximum absolute atomic E-state index is 14.1. The zero-order chi connectivity index (χ0) is 22.3. The van der Waals surface area contributed by atoms with Gasteiger partial charge in [-0.1, -0.05) is 54.6 Å². The summed E-state index contributed by atoms with van der Waals surface area (Å²) in [6, 6.07) is 26.3. The van der Waals surface area contributed by atoms with Crippen molar-refractivity contribution in [3.8, 4) is 0 Å². The summed E-state index contributed by atoms with van der Waals surface area (Å²) in [5, 5.41) is 6.81. The van der Waals surface area contributed by atoms with Gasteiger partial charge in [0.15, 0.2) is 0 Å². The molecule has 1 heterocycles. The van der Waals surface area contributed by atoms with Gasteiger partial charge in [-0.3, -0.25) is 9.59 Å². The zero-order valence-electron chi connectivity index (χ0n) is 16.8. The highest BCUT2D eigenvalue weighted by atomic mass is 32.2. The summed E-state index contributed by atoms with van der Waals surface area (Å²) in [6.45, 7) is 0. The fraction of sp³-hybridized carbons (Fsp3) is 0.0400. The van der Waals surface area contributed by atoms with E-state index >= 15 is 0 Å². The first-order valence-corrected chi connectivity index (χ1v) is 11.6. The third-order valence-corrected chi connectivity index (χ3v) is 6.68. The van der Waals surface area contributed by atoms with Crippen LogP contribution < -0.4 is 10.6 Å². The van der Waals surface area contributed by atoms with E-state index in [4.69, 9.17) is 0 Å². The second kappa shape index (κ2) is 10.3. The van der Waals surface area contributed by atoms with Gasteiger partial charge in [0.25, 0.3) is 5.91 Å². The SMILES string of the molecule is O=C(Nc1cccc(SC(C(=O)Nc2ccccc2F)c2ccccc2)c1)c1cccs1. The number of rotatable bonds is 7. The van der Waals surface area contributed by atoms with Crippen molar-refractivity contribution in [3.05, 3.63) is 113 Å². The molecular weight excluding hydrogens is 443 g/mol. The van der Waals surface area contributed by atoms with Crippen LogP contribution in [0, 0.1) is 5.82 Å². The molecule has 1 atom stereocenters. The van der Waals surface area contributed by atoms with Crippen LogP contribution in [-0.4, -0.2) is 11.8 Å². The second-order valence-corrected chi connectivity index (χ2v) is 8.96. The Balaban J connectivity index is 1.55. The smallest absolute Gasteiger partial charge is 0.265 e. The van der Waals surface area contributed by atoms with Gasteiger partial charge in [-0.15, -0.1) is 23.1 Å². The summed E-state index contributed by atoms with van der Waals surface area (Å²) in [4.78, 5) is 26.9. The van der Waals surface area contributed by atoms with Crippen molar-refractivity contribution >= 4 is 46.3 Å². The van der Waals surface area contributed by atoms with E-state index in [1.807, 2.05) is 60.0 Å². The highest BCUT2D eigenvalue weighted by molar-refractivity contribution is 8.00. The van der Waals surface area contributed by atoms with Gasteiger partial charge >= 0.3 is 0 Å². The van der Waals surface area contributed by atoms with Crippen molar-refractivity contribution in [1.29, 1.82) is 0 Å². The molecule has 1 aromatic heterocycles. The summed E-state index contributed by atoms with van der Waals surface area (Å²) >= 11 is 2.70. The summed E-state index contributed by atoms with van der Waals surface area (Å²) in [5.41, 5.74) is 1.56. The summed E-state index contributed by atoms with van der Waals surface area (Å²) in [6.07, 6.45) is 0. The summed E-state index contributed by atoms with van der Waals surface area (Å²) < 4.78 is 14.1. The van der Waals surface area contributed by atoms with Crippen LogP contribution in [0.3, 0.4) is 0 Å². The zero-order valence-corrected chi connectivity index (χ0v) is 18.5. The number of halogens is 1. The molecule has 0 saturated carbocycles. The largest absolute Gasteiger partial charge is 0.322 e. The Morgan fingerprint density at radius 3 is 2.38 bits per heavy atom. The van der Waals surface area contributed by atoms with Crippen LogP contribution in [0.4, 0.5) is 15.8 Å². The van der Waals surface area contributed by atoms with Gasteiger partial charge in [0.05, 0.1) is 10.6 Å². The molecule has 0 spiro atoms. The first-order valence-electron chi connectivity index (χ1n) is 9.82. The minimum Gasteiger partial charge on any atom is -0.322 e. The molecule has 1 unspecified atom stereocenters. The Morgan fingerprint density at radius 1 is 0.844 bits per heavy atom. The predicted octanol–water partition coefficient (Wildman–Crippen LogP) is 6.61. The number of amides is 2. The maximum Gasteiger partial charge on any atom is 0.265 e. The number of benzene rings is 3. The highest BCUT2D eigenvalue weighted by Gasteiger charge is 2.23. The molecule has 4 aromatic rings.